The maximum atomic E-state index is 11.4. The quantitative estimate of drug-likeness (QED) is 0.515. The molecule has 1 saturated carbocycles. The third kappa shape index (κ3) is 4.45. The number of rotatable bonds is 7. The van der Waals surface area contributed by atoms with Crippen molar-refractivity contribution in [3.63, 3.8) is 0 Å². The SMILES string of the molecule is C=C(C)Nc1nc2cnc(Nc3ccc(OC)cc3)nc2n1C1CCC(C(=O)O)CC1. The van der Waals surface area contributed by atoms with Crippen LogP contribution in [0.15, 0.2) is 42.7 Å². The summed E-state index contributed by atoms with van der Waals surface area (Å²) < 4.78 is 7.25. The van der Waals surface area contributed by atoms with E-state index in [0.717, 1.165) is 30.0 Å². The number of aliphatic carboxylic acids is 1. The van der Waals surface area contributed by atoms with Crippen molar-refractivity contribution in [3.05, 3.63) is 42.7 Å². The molecule has 0 aliphatic heterocycles. The van der Waals surface area contributed by atoms with Gasteiger partial charge in [0.15, 0.2) is 5.65 Å². The zero-order chi connectivity index (χ0) is 22.0. The van der Waals surface area contributed by atoms with E-state index in [1.807, 2.05) is 31.2 Å². The molecule has 3 N–H and O–H groups in total. The number of imidazole rings is 1. The average Bonchev–Trinajstić information content (AvgIpc) is 3.10. The maximum absolute atomic E-state index is 11.4. The van der Waals surface area contributed by atoms with Crippen LogP contribution in [0.5, 0.6) is 5.75 Å². The Morgan fingerprint density at radius 2 is 1.90 bits per heavy atom. The highest BCUT2D eigenvalue weighted by atomic mass is 16.5. The van der Waals surface area contributed by atoms with Gasteiger partial charge in [-0.25, -0.2) is 9.97 Å². The molecule has 0 radical (unpaired) electrons. The van der Waals surface area contributed by atoms with Crippen molar-refractivity contribution in [2.75, 3.05) is 17.7 Å². The summed E-state index contributed by atoms with van der Waals surface area (Å²) in [5.41, 5.74) is 2.98. The normalized spacial score (nSPS) is 18.5. The molecule has 1 aromatic carbocycles. The lowest BCUT2D eigenvalue weighted by Crippen LogP contribution is -2.24. The number of fused-ring (bicyclic) bond motifs is 1. The Hall–Kier alpha value is -3.62. The van der Waals surface area contributed by atoms with Crippen LogP contribution in [0.25, 0.3) is 11.2 Å². The molecular weight excluding hydrogens is 396 g/mol. The fraction of sp³-hybridized carbons (Fsp3) is 0.364. The first-order chi connectivity index (χ1) is 14.9. The molecule has 1 aliphatic rings. The van der Waals surface area contributed by atoms with Gasteiger partial charge in [0.05, 0.1) is 19.2 Å². The standard InChI is InChI=1S/C22H26N6O3/c1-13(2)24-22-26-18-12-23-21(25-15-6-10-17(31-3)11-7-15)27-19(18)28(22)16-8-4-14(5-9-16)20(29)30/h6-7,10-12,14,16H,1,4-5,8-9H2,2-3H3,(H,24,26)(H,29,30)(H,23,25,27). The van der Waals surface area contributed by atoms with Crippen LogP contribution in [0.1, 0.15) is 38.6 Å². The van der Waals surface area contributed by atoms with Gasteiger partial charge in [0, 0.05) is 17.4 Å². The van der Waals surface area contributed by atoms with Crippen molar-refractivity contribution in [1.29, 1.82) is 0 Å². The van der Waals surface area contributed by atoms with Crippen molar-refractivity contribution in [1.82, 2.24) is 19.5 Å². The van der Waals surface area contributed by atoms with E-state index in [0.29, 0.717) is 35.9 Å². The van der Waals surface area contributed by atoms with Gasteiger partial charge < -0.3 is 20.5 Å². The first kappa shape index (κ1) is 20.6. The van der Waals surface area contributed by atoms with Crippen LogP contribution in [0, 0.1) is 5.92 Å². The third-order valence-corrected chi connectivity index (χ3v) is 5.52. The van der Waals surface area contributed by atoms with E-state index in [1.165, 1.54) is 0 Å². The molecule has 1 aliphatic carbocycles. The fourth-order valence-corrected chi connectivity index (χ4v) is 3.96. The molecule has 2 aromatic heterocycles. The first-order valence-electron chi connectivity index (χ1n) is 10.3. The minimum absolute atomic E-state index is 0.103. The summed E-state index contributed by atoms with van der Waals surface area (Å²) in [7, 11) is 1.63. The number of benzene rings is 1. The minimum Gasteiger partial charge on any atom is -0.497 e. The van der Waals surface area contributed by atoms with Gasteiger partial charge in [-0.15, -0.1) is 0 Å². The van der Waals surface area contributed by atoms with Gasteiger partial charge in [-0.05, 0) is 56.9 Å². The van der Waals surface area contributed by atoms with Crippen LogP contribution >= 0.6 is 0 Å². The summed E-state index contributed by atoms with van der Waals surface area (Å²) in [5, 5.41) is 15.8. The van der Waals surface area contributed by atoms with Crippen LogP contribution in [0.2, 0.25) is 0 Å². The molecule has 9 nitrogen and oxygen atoms in total. The van der Waals surface area contributed by atoms with Crippen molar-refractivity contribution < 1.29 is 14.6 Å². The van der Waals surface area contributed by atoms with Gasteiger partial charge >= 0.3 is 5.97 Å². The molecule has 0 spiro atoms. The Balaban J connectivity index is 1.67. The Kier molecular flexibility index (Phi) is 5.75. The van der Waals surface area contributed by atoms with Crippen molar-refractivity contribution in [2.45, 2.75) is 38.6 Å². The number of allylic oxidation sites excluding steroid dienone is 1. The molecule has 162 valence electrons. The predicted molar refractivity (Wildman–Crippen MR) is 119 cm³/mol. The number of anilines is 3. The van der Waals surface area contributed by atoms with Gasteiger partial charge in [0.1, 0.15) is 11.3 Å². The van der Waals surface area contributed by atoms with Gasteiger partial charge in [0.2, 0.25) is 11.9 Å². The molecule has 3 aromatic rings. The number of carboxylic acids is 1. The molecule has 9 heteroatoms. The summed E-state index contributed by atoms with van der Waals surface area (Å²) in [6.45, 7) is 5.80. The number of ether oxygens (including phenoxy) is 1. The molecule has 2 heterocycles. The van der Waals surface area contributed by atoms with Gasteiger partial charge in [-0.1, -0.05) is 6.58 Å². The van der Waals surface area contributed by atoms with E-state index in [-0.39, 0.29) is 12.0 Å². The first-order valence-corrected chi connectivity index (χ1v) is 10.3. The number of nitrogens with zero attached hydrogens (tertiary/aromatic N) is 4. The highest BCUT2D eigenvalue weighted by Crippen LogP contribution is 2.36. The summed E-state index contributed by atoms with van der Waals surface area (Å²) in [4.78, 5) is 25.1. The number of aromatic nitrogens is 4. The lowest BCUT2D eigenvalue weighted by Gasteiger charge is -2.28. The monoisotopic (exact) mass is 422 g/mol. The minimum atomic E-state index is -0.720. The summed E-state index contributed by atoms with van der Waals surface area (Å²) in [6.07, 6.45) is 4.46. The number of carboxylic acid groups (broad SMARTS) is 1. The van der Waals surface area contributed by atoms with Crippen molar-refractivity contribution in [2.24, 2.45) is 5.92 Å². The number of hydrogen-bond acceptors (Lipinski definition) is 7. The zero-order valence-electron chi connectivity index (χ0n) is 17.6. The number of hydrogen-bond donors (Lipinski definition) is 3. The second kappa shape index (κ2) is 8.63. The fourth-order valence-electron chi connectivity index (χ4n) is 3.96. The molecule has 0 saturated heterocycles. The lowest BCUT2D eigenvalue weighted by molar-refractivity contribution is -0.143. The Morgan fingerprint density at radius 1 is 1.19 bits per heavy atom. The topological polar surface area (TPSA) is 114 Å². The molecular formula is C22H26N6O3. The molecule has 0 atom stereocenters. The van der Waals surface area contributed by atoms with Crippen LogP contribution in [0.4, 0.5) is 17.6 Å². The lowest BCUT2D eigenvalue weighted by atomic mass is 9.86. The van der Waals surface area contributed by atoms with Crippen LogP contribution in [-0.4, -0.2) is 37.7 Å². The number of carbonyl (C=O) groups is 1. The Bertz CT molecular complexity index is 1100. The van der Waals surface area contributed by atoms with E-state index < -0.39 is 5.97 Å². The van der Waals surface area contributed by atoms with E-state index in [2.05, 4.69) is 31.7 Å². The van der Waals surface area contributed by atoms with E-state index in [1.54, 1.807) is 13.3 Å². The Labute approximate surface area is 180 Å². The van der Waals surface area contributed by atoms with Crippen LogP contribution in [0.3, 0.4) is 0 Å². The number of nitrogens with one attached hydrogen (secondary N) is 2. The second-order valence-electron chi connectivity index (χ2n) is 7.81. The summed E-state index contributed by atoms with van der Waals surface area (Å²) >= 11 is 0. The van der Waals surface area contributed by atoms with Crippen molar-refractivity contribution >= 4 is 34.7 Å². The molecule has 4 rings (SSSR count). The largest absolute Gasteiger partial charge is 0.497 e. The number of methoxy groups -OCH3 is 1. The molecule has 0 bridgehead atoms. The average molecular weight is 422 g/mol. The molecule has 0 amide bonds. The van der Waals surface area contributed by atoms with Gasteiger partial charge in [0.25, 0.3) is 0 Å². The molecule has 0 unspecified atom stereocenters. The van der Waals surface area contributed by atoms with E-state index in [4.69, 9.17) is 9.72 Å². The summed E-state index contributed by atoms with van der Waals surface area (Å²) in [6, 6.07) is 7.61. The molecule has 1 fully saturated rings. The predicted octanol–water partition coefficient (Wildman–Crippen LogP) is 4.34. The zero-order valence-corrected chi connectivity index (χ0v) is 17.6. The second-order valence-corrected chi connectivity index (χ2v) is 7.81. The van der Waals surface area contributed by atoms with Gasteiger partial charge in [-0.3, -0.25) is 9.36 Å². The smallest absolute Gasteiger partial charge is 0.306 e. The van der Waals surface area contributed by atoms with Crippen molar-refractivity contribution in [3.8, 4) is 5.75 Å². The maximum Gasteiger partial charge on any atom is 0.306 e. The van der Waals surface area contributed by atoms with Crippen LogP contribution < -0.4 is 15.4 Å². The van der Waals surface area contributed by atoms with Gasteiger partial charge in [-0.2, -0.15) is 4.98 Å². The highest BCUT2D eigenvalue weighted by molar-refractivity contribution is 5.76. The highest BCUT2D eigenvalue weighted by Gasteiger charge is 2.29. The third-order valence-electron chi connectivity index (χ3n) is 5.52. The van der Waals surface area contributed by atoms with E-state index in [9.17, 15) is 9.90 Å². The Morgan fingerprint density at radius 3 is 2.52 bits per heavy atom. The summed E-state index contributed by atoms with van der Waals surface area (Å²) in [5.74, 6) is 0.873. The van der Waals surface area contributed by atoms with E-state index >= 15 is 0 Å². The van der Waals surface area contributed by atoms with Crippen LogP contribution in [-0.2, 0) is 4.79 Å². The molecule has 31 heavy (non-hydrogen) atoms.